The Labute approximate surface area is 88.2 Å². The van der Waals surface area contributed by atoms with E-state index < -0.39 is 5.97 Å². The molecule has 15 heavy (non-hydrogen) atoms. The smallest absolute Gasteiger partial charge is 0.335 e. The van der Waals surface area contributed by atoms with Crippen molar-refractivity contribution < 1.29 is 14.3 Å². The number of rotatable bonds is 5. The van der Waals surface area contributed by atoms with E-state index in [0.29, 0.717) is 17.9 Å². The van der Waals surface area contributed by atoms with E-state index in [1.54, 1.807) is 29.8 Å². The zero-order valence-electron chi connectivity index (χ0n) is 8.60. The van der Waals surface area contributed by atoms with Gasteiger partial charge in [0.05, 0.1) is 18.8 Å². The highest BCUT2D eigenvalue weighted by molar-refractivity contribution is 5.87. The van der Waals surface area contributed by atoms with E-state index in [0.717, 1.165) is 6.29 Å². The molecule has 1 rings (SSSR count). The van der Waals surface area contributed by atoms with Crippen LogP contribution < -0.4 is 0 Å². The Morgan fingerprint density at radius 2 is 2.40 bits per heavy atom. The SMILES string of the molecule is C=C(Cn1cccc1C=O)C(=O)OCC. The average Bonchev–Trinajstić information content (AvgIpc) is 2.65. The quantitative estimate of drug-likeness (QED) is 0.417. The molecular formula is C11H13NO3. The first-order valence-corrected chi connectivity index (χ1v) is 4.64. The molecule has 0 radical (unpaired) electrons. The molecule has 80 valence electrons. The summed E-state index contributed by atoms with van der Waals surface area (Å²) in [5.74, 6) is -0.428. The van der Waals surface area contributed by atoms with Crippen LogP contribution in [0.25, 0.3) is 0 Å². The van der Waals surface area contributed by atoms with Crippen molar-refractivity contribution in [1.29, 1.82) is 0 Å². The van der Waals surface area contributed by atoms with Crippen LogP contribution in [0.2, 0.25) is 0 Å². The van der Waals surface area contributed by atoms with Gasteiger partial charge in [0.2, 0.25) is 0 Å². The van der Waals surface area contributed by atoms with Crippen molar-refractivity contribution >= 4 is 12.3 Å². The van der Waals surface area contributed by atoms with Crippen molar-refractivity contribution in [2.24, 2.45) is 0 Å². The van der Waals surface area contributed by atoms with Crippen LogP contribution in [0.1, 0.15) is 17.4 Å². The Kier molecular flexibility index (Phi) is 3.85. The van der Waals surface area contributed by atoms with Crippen molar-refractivity contribution in [3.8, 4) is 0 Å². The van der Waals surface area contributed by atoms with Gasteiger partial charge < -0.3 is 9.30 Å². The summed E-state index contributed by atoms with van der Waals surface area (Å²) < 4.78 is 6.43. The predicted octanol–water partition coefficient (Wildman–Crippen LogP) is 1.42. The van der Waals surface area contributed by atoms with Crippen LogP contribution in [0.15, 0.2) is 30.5 Å². The highest BCUT2D eigenvalue weighted by Gasteiger charge is 2.09. The summed E-state index contributed by atoms with van der Waals surface area (Å²) in [5.41, 5.74) is 0.844. The first-order chi connectivity index (χ1) is 7.19. The molecule has 4 nitrogen and oxygen atoms in total. The molecule has 0 aliphatic rings. The minimum atomic E-state index is -0.428. The van der Waals surface area contributed by atoms with Gasteiger partial charge in [-0.05, 0) is 19.1 Å². The van der Waals surface area contributed by atoms with E-state index in [1.165, 1.54) is 0 Å². The van der Waals surface area contributed by atoms with Gasteiger partial charge in [-0.25, -0.2) is 4.79 Å². The largest absolute Gasteiger partial charge is 0.463 e. The molecule has 4 heteroatoms. The second-order valence-corrected chi connectivity index (χ2v) is 3.00. The van der Waals surface area contributed by atoms with Crippen LogP contribution >= 0.6 is 0 Å². The number of esters is 1. The number of hydrogen-bond donors (Lipinski definition) is 0. The van der Waals surface area contributed by atoms with Gasteiger partial charge in [0.1, 0.15) is 0 Å². The molecule has 0 fully saturated rings. The number of ether oxygens (including phenoxy) is 1. The molecule has 1 aromatic heterocycles. The van der Waals surface area contributed by atoms with Gasteiger partial charge in [0, 0.05) is 11.8 Å². The van der Waals surface area contributed by atoms with Gasteiger partial charge >= 0.3 is 5.97 Å². The van der Waals surface area contributed by atoms with Gasteiger partial charge in [-0.2, -0.15) is 0 Å². The van der Waals surface area contributed by atoms with Gasteiger partial charge in [-0.15, -0.1) is 0 Å². The molecule has 1 aromatic rings. The monoisotopic (exact) mass is 207 g/mol. The van der Waals surface area contributed by atoms with Gasteiger partial charge in [-0.3, -0.25) is 4.79 Å². The fourth-order valence-electron chi connectivity index (χ4n) is 1.18. The predicted molar refractivity (Wildman–Crippen MR) is 55.6 cm³/mol. The summed E-state index contributed by atoms with van der Waals surface area (Å²) in [6.45, 7) is 5.95. The summed E-state index contributed by atoms with van der Waals surface area (Å²) in [5, 5.41) is 0. The lowest BCUT2D eigenvalue weighted by Gasteiger charge is -2.07. The van der Waals surface area contributed by atoms with Gasteiger partial charge in [0.15, 0.2) is 6.29 Å². The van der Waals surface area contributed by atoms with Crippen molar-refractivity contribution in [2.75, 3.05) is 6.61 Å². The molecule has 0 saturated heterocycles. The third kappa shape index (κ3) is 2.80. The van der Waals surface area contributed by atoms with Crippen LogP contribution in [0.4, 0.5) is 0 Å². The van der Waals surface area contributed by atoms with E-state index in [4.69, 9.17) is 4.74 Å². The molecule has 0 N–H and O–H groups in total. The minimum absolute atomic E-state index is 0.278. The van der Waals surface area contributed by atoms with E-state index in [1.807, 2.05) is 0 Å². The molecular weight excluding hydrogens is 194 g/mol. The first-order valence-electron chi connectivity index (χ1n) is 4.64. The van der Waals surface area contributed by atoms with Crippen molar-refractivity contribution in [3.05, 3.63) is 36.2 Å². The number of nitrogens with zero attached hydrogens (tertiary/aromatic N) is 1. The summed E-state index contributed by atoms with van der Waals surface area (Å²) in [7, 11) is 0. The number of carbonyl (C=O) groups excluding carboxylic acids is 2. The maximum absolute atomic E-state index is 11.2. The van der Waals surface area contributed by atoms with Crippen molar-refractivity contribution in [2.45, 2.75) is 13.5 Å². The zero-order valence-corrected chi connectivity index (χ0v) is 8.60. The van der Waals surface area contributed by atoms with Crippen LogP contribution in [-0.4, -0.2) is 23.4 Å². The highest BCUT2D eigenvalue weighted by Crippen LogP contribution is 2.05. The van der Waals surface area contributed by atoms with E-state index in [9.17, 15) is 9.59 Å². The Bertz CT molecular complexity index is 379. The van der Waals surface area contributed by atoms with Crippen LogP contribution in [0, 0.1) is 0 Å². The van der Waals surface area contributed by atoms with Crippen molar-refractivity contribution in [3.63, 3.8) is 0 Å². The Hall–Kier alpha value is -1.84. The highest BCUT2D eigenvalue weighted by atomic mass is 16.5. The van der Waals surface area contributed by atoms with Gasteiger partial charge in [0.25, 0.3) is 0 Å². The maximum Gasteiger partial charge on any atom is 0.335 e. The lowest BCUT2D eigenvalue weighted by Crippen LogP contribution is -2.13. The fraction of sp³-hybridized carbons (Fsp3) is 0.273. The third-order valence-corrected chi connectivity index (χ3v) is 1.91. The van der Waals surface area contributed by atoms with E-state index in [2.05, 4.69) is 6.58 Å². The molecule has 0 amide bonds. The standard InChI is InChI=1S/C11H13NO3/c1-3-15-11(14)9(2)7-12-6-4-5-10(12)8-13/h4-6,8H,2-3,7H2,1H3. The zero-order chi connectivity index (χ0) is 11.3. The lowest BCUT2D eigenvalue weighted by atomic mass is 10.3. The third-order valence-electron chi connectivity index (χ3n) is 1.91. The second-order valence-electron chi connectivity index (χ2n) is 3.00. The number of aldehydes is 1. The van der Waals surface area contributed by atoms with E-state index >= 15 is 0 Å². The molecule has 0 aromatic carbocycles. The summed E-state index contributed by atoms with van der Waals surface area (Å²) in [6.07, 6.45) is 2.45. The molecule has 0 bridgehead atoms. The Morgan fingerprint density at radius 1 is 1.67 bits per heavy atom. The van der Waals surface area contributed by atoms with Gasteiger partial charge in [-0.1, -0.05) is 6.58 Å². The summed E-state index contributed by atoms with van der Waals surface area (Å²) in [6, 6.07) is 3.41. The molecule has 1 heterocycles. The summed E-state index contributed by atoms with van der Waals surface area (Å²) >= 11 is 0. The Balaban J connectivity index is 2.66. The topological polar surface area (TPSA) is 48.3 Å². The first kappa shape index (κ1) is 11.2. The molecule has 0 unspecified atom stereocenters. The lowest BCUT2D eigenvalue weighted by molar-refractivity contribution is -0.138. The Morgan fingerprint density at radius 3 is 3.00 bits per heavy atom. The minimum Gasteiger partial charge on any atom is -0.463 e. The number of carbonyl (C=O) groups is 2. The normalized spacial score (nSPS) is 9.67. The maximum atomic E-state index is 11.2. The van der Waals surface area contributed by atoms with Crippen LogP contribution in [0.5, 0.6) is 0 Å². The average molecular weight is 207 g/mol. The van der Waals surface area contributed by atoms with Crippen LogP contribution in [-0.2, 0) is 16.1 Å². The second kappa shape index (κ2) is 5.14. The van der Waals surface area contributed by atoms with Crippen LogP contribution in [0.3, 0.4) is 0 Å². The van der Waals surface area contributed by atoms with Crippen molar-refractivity contribution in [1.82, 2.24) is 4.57 Å². The summed E-state index contributed by atoms with van der Waals surface area (Å²) in [4.78, 5) is 21.8. The number of hydrogen-bond acceptors (Lipinski definition) is 3. The molecule has 0 spiro atoms. The number of aromatic nitrogens is 1. The molecule has 0 aliphatic carbocycles. The van der Waals surface area contributed by atoms with E-state index in [-0.39, 0.29) is 6.54 Å². The fourth-order valence-corrected chi connectivity index (χ4v) is 1.18. The molecule has 0 aliphatic heterocycles. The molecule has 0 atom stereocenters. The molecule has 0 saturated carbocycles.